The Kier molecular flexibility index (Phi) is 4.63. The topological polar surface area (TPSA) is 97.0 Å². The van der Waals surface area contributed by atoms with E-state index in [0.717, 1.165) is 5.69 Å². The van der Waals surface area contributed by atoms with Crippen molar-refractivity contribution < 1.29 is 18.3 Å². The average Bonchev–Trinajstić information content (AvgIpc) is 2.97. The zero-order chi connectivity index (χ0) is 18.1. The van der Waals surface area contributed by atoms with Crippen LogP contribution in [0.2, 0.25) is 0 Å². The van der Waals surface area contributed by atoms with E-state index in [1.807, 2.05) is 13.0 Å². The third-order valence-electron chi connectivity index (χ3n) is 3.87. The van der Waals surface area contributed by atoms with E-state index in [4.69, 9.17) is 10.5 Å². The molecule has 0 saturated heterocycles. The number of rotatable bonds is 4. The molecule has 1 aliphatic heterocycles. The number of nitriles is 1. The molecule has 6 nitrogen and oxygen atoms in total. The van der Waals surface area contributed by atoms with Gasteiger partial charge >= 0.3 is 6.61 Å². The minimum atomic E-state index is -3.00. The number of nitrogens with zero attached hydrogens (tertiary/aromatic N) is 2. The molecule has 1 aromatic carbocycles. The van der Waals surface area contributed by atoms with Crippen LogP contribution in [-0.2, 0) is 6.42 Å². The molecule has 0 spiro atoms. The number of aromatic nitrogens is 2. The lowest BCUT2D eigenvalue weighted by Gasteiger charge is -2.25. The minimum absolute atomic E-state index is 0.0418. The predicted octanol–water partition coefficient (Wildman–Crippen LogP) is 3.55. The van der Waals surface area contributed by atoms with Crippen LogP contribution in [0.3, 0.4) is 0 Å². The van der Waals surface area contributed by atoms with Gasteiger partial charge in [0.05, 0.1) is 11.5 Å². The molecule has 9 heteroatoms. The molecule has 2 aromatic rings. The maximum absolute atomic E-state index is 12.8. The zero-order valence-corrected chi connectivity index (χ0v) is 14.6. The molecule has 3 rings (SSSR count). The second kappa shape index (κ2) is 6.72. The first-order valence-corrected chi connectivity index (χ1v) is 8.14. The fraction of sp³-hybridized carbons (Fsp3) is 0.250. The molecule has 0 fully saturated rings. The summed E-state index contributed by atoms with van der Waals surface area (Å²) in [4.78, 5) is 0. The lowest BCUT2D eigenvalue weighted by molar-refractivity contribution is -0.0505. The van der Waals surface area contributed by atoms with Crippen LogP contribution in [0.4, 0.5) is 8.78 Å². The highest BCUT2D eigenvalue weighted by Gasteiger charge is 2.36. The second-order valence-electron chi connectivity index (χ2n) is 5.26. The van der Waals surface area contributed by atoms with E-state index in [2.05, 4.69) is 30.9 Å². The van der Waals surface area contributed by atoms with Gasteiger partial charge in [0.25, 0.3) is 0 Å². The molecule has 0 radical (unpaired) electrons. The maximum Gasteiger partial charge on any atom is 0.387 e. The molecule has 3 N–H and O–H groups in total. The molecule has 25 heavy (non-hydrogen) atoms. The first-order chi connectivity index (χ1) is 12.0. The molecule has 0 aliphatic carbocycles. The molecule has 130 valence electrons. The number of benzene rings is 1. The SMILES string of the molecule is CCc1[nH]nc2c1C(c1cc(Br)ccc1OC(F)F)C(C#N)=C(N)O2. The van der Waals surface area contributed by atoms with Crippen molar-refractivity contribution in [3.8, 4) is 17.7 Å². The molecule has 0 saturated carbocycles. The van der Waals surface area contributed by atoms with Crippen molar-refractivity contribution in [3.63, 3.8) is 0 Å². The summed E-state index contributed by atoms with van der Waals surface area (Å²) in [7, 11) is 0. The highest BCUT2D eigenvalue weighted by atomic mass is 79.9. The number of aryl methyl sites for hydroxylation is 1. The van der Waals surface area contributed by atoms with Gasteiger partial charge in [-0.2, -0.15) is 14.0 Å². The third-order valence-corrected chi connectivity index (χ3v) is 4.36. The summed E-state index contributed by atoms with van der Waals surface area (Å²) in [5, 5.41) is 16.5. The Morgan fingerprint density at radius 1 is 1.52 bits per heavy atom. The number of ether oxygens (including phenoxy) is 2. The summed E-state index contributed by atoms with van der Waals surface area (Å²) in [5.41, 5.74) is 7.65. The van der Waals surface area contributed by atoms with Crippen LogP contribution >= 0.6 is 15.9 Å². The largest absolute Gasteiger partial charge is 0.435 e. The number of halogens is 3. The van der Waals surface area contributed by atoms with Crippen LogP contribution in [0, 0.1) is 11.3 Å². The van der Waals surface area contributed by atoms with Gasteiger partial charge in [0.1, 0.15) is 17.4 Å². The van der Waals surface area contributed by atoms with Gasteiger partial charge in [-0.25, -0.2) is 0 Å². The minimum Gasteiger partial charge on any atom is -0.435 e. The second-order valence-corrected chi connectivity index (χ2v) is 6.18. The standard InChI is InChI=1S/C16H13BrF2N4O2/c1-2-10-13-12(9(6-20)14(21)25-15(13)23-22-10)8-5-7(17)3-4-11(8)24-16(18)19/h3-5,12,16H,2,21H2,1H3,(H,22,23). The lowest BCUT2D eigenvalue weighted by atomic mass is 9.83. The number of fused-ring (bicyclic) bond motifs is 1. The van der Waals surface area contributed by atoms with Gasteiger partial charge in [0, 0.05) is 15.7 Å². The Morgan fingerprint density at radius 3 is 2.92 bits per heavy atom. The molecule has 2 heterocycles. The Labute approximate surface area is 150 Å². The van der Waals surface area contributed by atoms with Crippen molar-refractivity contribution >= 4 is 15.9 Å². The van der Waals surface area contributed by atoms with E-state index < -0.39 is 12.5 Å². The van der Waals surface area contributed by atoms with E-state index in [0.29, 0.717) is 22.0 Å². The molecule has 1 unspecified atom stereocenters. The van der Waals surface area contributed by atoms with Gasteiger partial charge in [0.2, 0.25) is 11.8 Å². The fourth-order valence-electron chi connectivity index (χ4n) is 2.84. The number of aromatic amines is 1. The van der Waals surface area contributed by atoms with Gasteiger partial charge < -0.3 is 15.2 Å². The lowest BCUT2D eigenvalue weighted by Crippen LogP contribution is -2.22. The molecule has 1 aliphatic rings. The molecular formula is C16H13BrF2N4O2. The van der Waals surface area contributed by atoms with Crippen molar-refractivity contribution in [2.24, 2.45) is 5.73 Å². The smallest absolute Gasteiger partial charge is 0.387 e. The van der Waals surface area contributed by atoms with Crippen LogP contribution in [0.15, 0.2) is 34.1 Å². The quantitative estimate of drug-likeness (QED) is 0.802. The van der Waals surface area contributed by atoms with Crippen molar-refractivity contribution in [1.82, 2.24) is 10.2 Å². The van der Waals surface area contributed by atoms with Gasteiger partial charge in [-0.1, -0.05) is 22.9 Å². The van der Waals surface area contributed by atoms with Crippen LogP contribution in [0.5, 0.6) is 11.6 Å². The summed E-state index contributed by atoms with van der Waals surface area (Å²) >= 11 is 3.32. The summed E-state index contributed by atoms with van der Waals surface area (Å²) in [6, 6.07) is 6.63. The number of nitrogens with one attached hydrogen (secondary N) is 1. The Balaban J connectivity index is 2.26. The number of nitrogens with two attached hydrogens (primary N) is 1. The highest BCUT2D eigenvalue weighted by molar-refractivity contribution is 9.10. The van der Waals surface area contributed by atoms with Crippen molar-refractivity contribution in [2.45, 2.75) is 25.9 Å². The maximum atomic E-state index is 12.8. The van der Waals surface area contributed by atoms with Gasteiger partial charge in [0.15, 0.2) is 0 Å². The summed E-state index contributed by atoms with van der Waals surface area (Å²) in [5.74, 6) is -0.660. The van der Waals surface area contributed by atoms with E-state index in [9.17, 15) is 14.0 Å². The molecule has 0 amide bonds. The number of alkyl halides is 2. The molecular weight excluding hydrogens is 398 g/mol. The first-order valence-electron chi connectivity index (χ1n) is 7.35. The Hall–Kier alpha value is -2.60. The predicted molar refractivity (Wildman–Crippen MR) is 88.0 cm³/mol. The van der Waals surface area contributed by atoms with E-state index in [1.165, 1.54) is 6.07 Å². The van der Waals surface area contributed by atoms with E-state index in [1.54, 1.807) is 12.1 Å². The van der Waals surface area contributed by atoms with Gasteiger partial charge in [-0.3, -0.25) is 5.10 Å². The zero-order valence-electron chi connectivity index (χ0n) is 13.0. The summed E-state index contributed by atoms with van der Waals surface area (Å²) in [6.07, 6.45) is 0.583. The molecule has 0 bridgehead atoms. The van der Waals surface area contributed by atoms with E-state index >= 15 is 0 Å². The first kappa shape index (κ1) is 17.2. The number of allylic oxidation sites excluding steroid dienone is 1. The van der Waals surface area contributed by atoms with Crippen LogP contribution in [0.25, 0.3) is 0 Å². The van der Waals surface area contributed by atoms with Crippen molar-refractivity contribution in [3.05, 3.63) is 50.9 Å². The summed E-state index contributed by atoms with van der Waals surface area (Å²) < 4.78 is 36.4. The highest BCUT2D eigenvalue weighted by Crippen LogP contribution is 2.46. The number of hydrogen-bond acceptors (Lipinski definition) is 5. The molecule has 1 aromatic heterocycles. The van der Waals surface area contributed by atoms with E-state index in [-0.39, 0.29) is 23.1 Å². The normalized spacial score (nSPS) is 16.4. The van der Waals surface area contributed by atoms with Crippen LogP contribution in [-0.4, -0.2) is 16.8 Å². The number of H-pyrrole nitrogens is 1. The third kappa shape index (κ3) is 3.05. The monoisotopic (exact) mass is 410 g/mol. The Bertz CT molecular complexity index is 889. The van der Waals surface area contributed by atoms with Crippen LogP contribution < -0.4 is 15.2 Å². The summed E-state index contributed by atoms with van der Waals surface area (Å²) in [6.45, 7) is -1.10. The van der Waals surface area contributed by atoms with Crippen LogP contribution in [0.1, 0.15) is 29.7 Å². The van der Waals surface area contributed by atoms with Crippen molar-refractivity contribution in [1.29, 1.82) is 5.26 Å². The van der Waals surface area contributed by atoms with Gasteiger partial charge in [-0.15, -0.1) is 5.10 Å². The Morgan fingerprint density at radius 2 is 2.28 bits per heavy atom. The molecule has 1 atom stereocenters. The average molecular weight is 411 g/mol. The fourth-order valence-corrected chi connectivity index (χ4v) is 3.22. The van der Waals surface area contributed by atoms with Crippen molar-refractivity contribution in [2.75, 3.05) is 0 Å². The number of hydrogen-bond donors (Lipinski definition) is 2. The van der Waals surface area contributed by atoms with Gasteiger partial charge in [-0.05, 0) is 24.6 Å².